The highest BCUT2D eigenvalue weighted by Gasteiger charge is 2.20. The van der Waals surface area contributed by atoms with Crippen LogP contribution >= 0.6 is 0 Å². The van der Waals surface area contributed by atoms with Gasteiger partial charge in [-0.3, -0.25) is 0 Å². The van der Waals surface area contributed by atoms with E-state index in [1.54, 1.807) is 0 Å². The number of hydrogen-bond acceptors (Lipinski definition) is 4. The van der Waals surface area contributed by atoms with Crippen LogP contribution in [0.25, 0.3) is 0 Å². The second kappa shape index (κ2) is 4.00. The summed E-state index contributed by atoms with van der Waals surface area (Å²) in [7, 11) is 0. The molecule has 0 saturated carbocycles. The summed E-state index contributed by atoms with van der Waals surface area (Å²) in [5, 5.41) is 3.80. The van der Waals surface area contributed by atoms with Gasteiger partial charge in [0.1, 0.15) is 6.54 Å². The summed E-state index contributed by atoms with van der Waals surface area (Å²) in [6, 6.07) is 2.30. The molecule has 3 rings (SSSR count). The van der Waals surface area contributed by atoms with Crippen LogP contribution in [-0.2, 0) is 13.0 Å². The fourth-order valence-corrected chi connectivity index (χ4v) is 2.49. The van der Waals surface area contributed by atoms with E-state index in [0.29, 0.717) is 18.3 Å². The summed E-state index contributed by atoms with van der Waals surface area (Å²) in [4.78, 5) is 4.22. The smallest absolute Gasteiger partial charge is 0.246 e. The van der Waals surface area contributed by atoms with Gasteiger partial charge in [0, 0.05) is 17.9 Å². The minimum Gasteiger partial charge on any atom is -0.342 e. The topological polar surface area (TPSA) is 69.9 Å². The molecular weight excluding hydrogens is 216 g/mol. The van der Waals surface area contributed by atoms with Gasteiger partial charge < -0.3 is 14.8 Å². The van der Waals surface area contributed by atoms with Gasteiger partial charge in [0.05, 0.1) is 0 Å². The quantitative estimate of drug-likeness (QED) is 0.853. The van der Waals surface area contributed by atoms with Crippen molar-refractivity contribution in [3.05, 3.63) is 35.2 Å². The lowest BCUT2D eigenvalue weighted by atomic mass is 9.94. The fraction of sp³-hybridized carbons (Fsp3) is 0.500. The van der Waals surface area contributed by atoms with Gasteiger partial charge in [0.15, 0.2) is 5.82 Å². The lowest BCUT2D eigenvalue weighted by Gasteiger charge is -2.20. The molecule has 1 unspecified atom stereocenters. The van der Waals surface area contributed by atoms with Gasteiger partial charge in [0.2, 0.25) is 5.89 Å². The molecular formula is C12H16N4O. The molecule has 0 bridgehead atoms. The Morgan fingerprint density at radius 1 is 1.59 bits per heavy atom. The standard InChI is InChI=1S/C12H16N4O/c1-8-14-12(17-15-8)7-16-6-5-9-10(13)3-2-4-11(9)16/h5-6,10H,2-4,7,13H2,1H3. The minimum absolute atomic E-state index is 0.185. The van der Waals surface area contributed by atoms with Crippen LogP contribution in [0.4, 0.5) is 0 Å². The van der Waals surface area contributed by atoms with Crippen molar-refractivity contribution in [2.45, 2.75) is 38.8 Å². The van der Waals surface area contributed by atoms with E-state index in [9.17, 15) is 0 Å². The van der Waals surface area contributed by atoms with E-state index in [0.717, 1.165) is 19.3 Å². The molecule has 0 spiro atoms. The molecule has 0 fully saturated rings. The molecule has 2 aromatic rings. The average Bonchev–Trinajstić information content (AvgIpc) is 2.88. The Kier molecular flexibility index (Phi) is 2.48. The predicted octanol–water partition coefficient (Wildman–Crippen LogP) is 1.56. The molecule has 2 heterocycles. The minimum atomic E-state index is 0.185. The van der Waals surface area contributed by atoms with Crippen LogP contribution in [0.5, 0.6) is 0 Å². The molecule has 5 heteroatoms. The number of hydrogen-bond donors (Lipinski definition) is 1. The highest BCUT2D eigenvalue weighted by molar-refractivity contribution is 5.28. The van der Waals surface area contributed by atoms with E-state index >= 15 is 0 Å². The fourth-order valence-electron chi connectivity index (χ4n) is 2.49. The first-order chi connectivity index (χ1) is 8.24. The third-order valence-corrected chi connectivity index (χ3v) is 3.32. The first-order valence-corrected chi connectivity index (χ1v) is 5.96. The van der Waals surface area contributed by atoms with Gasteiger partial charge in [-0.25, -0.2) is 0 Å². The van der Waals surface area contributed by atoms with Gasteiger partial charge in [-0.05, 0) is 37.8 Å². The first-order valence-electron chi connectivity index (χ1n) is 5.96. The van der Waals surface area contributed by atoms with Crippen LogP contribution in [0, 0.1) is 6.92 Å². The van der Waals surface area contributed by atoms with Crippen molar-refractivity contribution in [1.29, 1.82) is 0 Å². The monoisotopic (exact) mass is 232 g/mol. The second-order valence-corrected chi connectivity index (χ2v) is 4.58. The summed E-state index contributed by atoms with van der Waals surface area (Å²) in [5.41, 5.74) is 8.68. The molecule has 2 aromatic heterocycles. The first kappa shape index (κ1) is 10.5. The molecule has 0 saturated heterocycles. The van der Waals surface area contributed by atoms with Crippen molar-refractivity contribution in [3.63, 3.8) is 0 Å². The number of nitrogens with two attached hydrogens (primary N) is 1. The van der Waals surface area contributed by atoms with Crippen molar-refractivity contribution in [2.75, 3.05) is 0 Å². The molecule has 17 heavy (non-hydrogen) atoms. The molecule has 1 atom stereocenters. The Morgan fingerprint density at radius 3 is 3.24 bits per heavy atom. The SMILES string of the molecule is Cc1noc(Cn2ccc3c2CCCC3N)n1. The summed E-state index contributed by atoms with van der Waals surface area (Å²) in [5.74, 6) is 1.33. The van der Waals surface area contributed by atoms with Crippen LogP contribution in [0.1, 0.15) is 41.9 Å². The maximum Gasteiger partial charge on any atom is 0.246 e. The Hall–Kier alpha value is -1.62. The van der Waals surface area contributed by atoms with Crippen LogP contribution < -0.4 is 5.73 Å². The zero-order valence-electron chi connectivity index (χ0n) is 9.89. The Morgan fingerprint density at radius 2 is 2.47 bits per heavy atom. The maximum absolute atomic E-state index is 6.09. The van der Waals surface area contributed by atoms with E-state index < -0.39 is 0 Å². The van der Waals surface area contributed by atoms with Crippen LogP contribution in [0.2, 0.25) is 0 Å². The molecule has 90 valence electrons. The maximum atomic E-state index is 6.09. The third-order valence-electron chi connectivity index (χ3n) is 3.32. The molecule has 1 aliphatic rings. The van der Waals surface area contributed by atoms with Crippen LogP contribution in [0.15, 0.2) is 16.8 Å². The van der Waals surface area contributed by atoms with Crippen molar-refractivity contribution in [2.24, 2.45) is 5.73 Å². The number of fused-ring (bicyclic) bond motifs is 1. The average molecular weight is 232 g/mol. The highest BCUT2D eigenvalue weighted by atomic mass is 16.5. The molecule has 5 nitrogen and oxygen atoms in total. The molecule has 0 amide bonds. The van der Waals surface area contributed by atoms with E-state index in [1.807, 2.05) is 6.92 Å². The van der Waals surface area contributed by atoms with E-state index in [-0.39, 0.29) is 6.04 Å². The molecule has 0 aliphatic heterocycles. The zero-order valence-corrected chi connectivity index (χ0v) is 9.89. The van der Waals surface area contributed by atoms with E-state index in [2.05, 4.69) is 27.0 Å². The lowest BCUT2D eigenvalue weighted by molar-refractivity contribution is 0.365. The second-order valence-electron chi connectivity index (χ2n) is 4.58. The van der Waals surface area contributed by atoms with Crippen LogP contribution in [-0.4, -0.2) is 14.7 Å². The largest absolute Gasteiger partial charge is 0.342 e. The van der Waals surface area contributed by atoms with Gasteiger partial charge in [0.25, 0.3) is 0 Å². The van der Waals surface area contributed by atoms with Gasteiger partial charge in [-0.15, -0.1) is 0 Å². The Bertz CT molecular complexity index is 528. The molecule has 1 aliphatic carbocycles. The number of aryl methyl sites for hydroxylation is 1. The van der Waals surface area contributed by atoms with Crippen molar-refractivity contribution < 1.29 is 4.52 Å². The Balaban J connectivity index is 1.89. The normalized spacial score (nSPS) is 19.3. The summed E-state index contributed by atoms with van der Waals surface area (Å²) >= 11 is 0. The molecule has 0 radical (unpaired) electrons. The number of rotatable bonds is 2. The molecule has 2 N–H and O–H groups in total. The van der Waals surface area contributed by atoms with E-state index in [1.165, 1.54) is 11.3 Å². The summed E-state index contributed by atoms with van der Waals surface area (Å²) in [6.45, 7) is 2.47. The lowest BCUT2D eigenvalue weighted by Crippen LogP contribution is -2.18. The Labute approximate surface area is 99.6 Å². The van der Waals surface area contributed by atoms with Gasteiger partial charge >= 0.3 is 0 Å². The van der Waals surface area contributed by atoms with Crippen LogP contribution in [0.3, 0.4) is 0 Å². The van der Waals surface area contributed by atoms with Crippen molar-refractivity contribution in [1.82, 2.24) is 14.7 Å². The summed E-state index contributed by atoms with van der Waals surface area (Å²) < 4.78 is 7.31. The molecule has 0 aromatic carbocycles. The highest BCUT2D eigenvalue weighted by Crippen LogP contribution is 2.28. The van der Waals surface area contributed by atoms with Crippen molar-refractivity contribution >= 4 is 0 Å². The number of nitrogens with zero attached hydrogens (tertiary/aromatic N) is 3. The third kappa shape index (κ3) is 1.86. The summed E-state index contributed by atoms with van der Waals surface area (Å²) in [6.07, 6.45) is 5.39. The zero-order chi connectivity index (χ0) is 11.8. The van der Waals surface area contributed by atoms with E-state index in [4.69, 9.17) is 10.3 Å². The van der Waals surface area contributed by atoms with Crippen molar-refractivity contribution in [3.8, 4) is 0 Å². The predicted molar refractivity (Wildman–Crippen MR) is 62.4 cm³/mol. The van der Waals surface area contributed by atoms with Gasteiger partial charge in [-0.1, -0.05) is 5.16 Å². The van der Waals surface area contributed by atoms with Gasteiger partial charge in [-0.2, -0.15) is 4.98 Å². The number of aromatic nitrogens is 3.